The SMILES string of the molecule is CC1CNCCN(Cc2cccs2)S1(=O)=O. The molecule has 0 aromatic carbocycles. The second-order valence-electron chi connectivity index (χ2n) is 3.97. The molecule has 1 unspecified atom stereocenters. The van der Waals surface area contributed by atoms with Crippen molar-refractivity contribution in [2.45, 2.75) is 18.7 Å². The number of nitrogens with one attached hydrogen (secondary N) is 1. The predicted octanol–water partition coefficient (Wildman–Crippen LogP) is 0.872. The number of sulfonamides is 1. The van der Waals surface area contributed by atoms with Gasteiger partial charge in [-0.25, -0.2) is 8.42 Å². The van der Waals surface area contributed by atoms with E-state index < -0.39 is 10.0 Å². The number of hydrogen-bond donors (Lipinski definition) is 1. The summed E-state index contributed by atoms with van der Waals surface area (Å²) >= 11 is 1.60. The van der Waals surface area contributed by atoms with Gasteiger partial charge >= 0.3 is 0 Å². The molecule has 0 bridgehead atoms. The van der Waals surface area contributed by atoms with Crippen molar-refractivity contribution in [2.75, 3.05) is 19.6 Å². The average molecular weight is 260 g/mol. The lowest BCUT2D eigenvalue weighted by molar-refractivity contribution is 0.416. The van der Waals surface area contributed by atoms with Gasteiger partial charge in [-0.15, -0.1) is 11.3 Å². The van der Waals surface area contributed by atoms with Crippen molar-refractivity contribution in [2.24, 2.45) is 0 Å². The first-order valence-electron chi connectivity index (χ1n) is 5.33. The highest BCUT2D eigenvalue weighted by molar-refractivity contribution is 7.89. The fourth-order valence-electron chi connectivity index (χ4n) is 1.74. The van der Waals surface area contributed by atoms with Gasteiger partial charge in [-0.05, 0) is 18.4 Å². The molecule has 1 aromatic heterocycles. The van der Waals surface area contributed by atoms with E-state index >= 15 is 0 Å². The average Bonchev–Trinajstić information content (AvgIpc) is 2.70. The molecule has 90 valence electrons. The second-order valence-corrected chi connectivity index (χ2v) is 7.36. The first-order valence-corrected chi connectivity index (χ1v) is 7.71. The third-order valence-corrected chi connectivity index (χ3v) is 5.83. The van der Waals surface area contributed by atoms with Crippen LogP contribution in [0.2, 0.25) is 0 Å². The summed E-state index contributed by atoms with van der Waals surface area (Å²) in [5, 5.41) is 4.78. The van der Waals surface area contributed by atoms with Gasteiger partial charge in [-0.1, -0.05) is 6.07 Å². The van der Waals surface area contributed by atoms with Gasteiger partial charge in [0.1, 0.15) is 0 Å². The molecule has 4 nitrogen and oxygen atoms in total. The van der Waals surface area contributed by atoms with Crippen LogP contribution in [0.1, 0.15) is 11.8 Å². The third-order valence-electron chi connectivity index (χ3n) is 2.75. The zero-order valence-electron chi connectivity index (χ0n) is 9.22. The monoisotopic (exact) mass is 260 g/mol. The van der Waals surface area contributed by atoms with Crippen LogP contribution in [0.25, 0.3) is 0 Å². The molecule has 1 aliphatic heterocycles. The lowest BCUT2D eigenvalue weighted by Gasteiger charge is -2.21. The number of nitrogens with zero attached hydrogens (tertiary/aromatic N) is 1. The first kappa shape index (κ1) is 12.0. The molecule has 0 amide bonds. The molecule has 2 heterocycles. The molecule has 0 radical (unpaired) electrons. The summed E-state index contributed by atoms with van der Waals surface area (Å²) in [5.41, 5.74) is 0. The van der Waals surface area contributed by atoms with Crippen LogP contribution in [0.5, 0.6) is 0 Å². The van der Waals surface area contributed by atoms with Gasteiger partial charge < -0.3 is 5.32 Å². The van der Waals surface area contributed by atoms with E-state index in [1.807, 2.05) is 17.5 Å². The molecule has 1 N–H and O–H groups in total. The minimum absolute atomic E-state index is 0.338. The van der Waals surface area contributed by atoms with E-state index in [1.54, 1.807) is 22.6 Å². The van der Waals surface area contributed by atoms with Crippen molar-refractivity contribution < 1.29 is 8.42 Å². The molecule has 1 fully saturated rings. The smallest absolute Gasteiger partial charge is 0.218 e. The second kappa shape index (κ2) is 4.83. The van der Waals surface area contributed by atoms with Gasteiger partial charge in [0.05, 0.1) is 5.25 Å². The maximum Gasteiger partial charge on any atom is 0.218 e. The van der Waals surface area contributed by atoms with Gasteiger partial charge in [-0.3, -0.25) is 0 Å². The molecule has 6 heteroatoms. The van der Waals surface area contributed by atoms with Crippen LogP contribution in [-0.2, 0) is 16.6 Å². The van der Waals surface area contributed by atoms with Crippen molar-refractivity contribution in [1.82, 2.24) is 9.62 Å². The molecule has 1 aliphatic rings. The molecule has 1 saturated heterocycles. The molecular weight excluding hydrogens is 244 g/mol. The summed E-state index contributed by atoms with van der Waals surface area (Å²) in [6, 6.07) is 3.93. The van der Waals surface area contributed by atoms with E-state index in [0.29, 0.717) is 19.6 Å². The largest absolute Gasteiger partial charge is 0.314 e. The Labute approximate surface area is 100 Å². The summed E-state index contributed by atoms with van der Waals surface area (Å²) in [6.45, 7) is 4.10. The van der Waals surface area contributed by atoms with Gasteiger partial charge in [0, 0.05) is 31.1 Å². The molecule has 2 rings (SSSR count). The number of thiophene rings is 1. The maximum absolute atomic E-state index is 12.1. The van der Waals surface area contributed by atoms with Crippen molar-refractivity contribution in [3.05, 3.63) is 22.4 Å². The highest BCUT2D eigenvalue weighted by Gasteiger charge is 2.30. The summed E-state index contributed by atoms with van der Waals surface area (Å²) in [6.07, 6.45) is 0. The van der Waals surface area contributed by atoms with E-state index in [4.69, 9.17) is 0 Å². The zero-order chi connectivity index (χ0) is 11.6. The molecular formula is C10H16N2O2S2. The number of rotatable bonds is 2. The summed E-state index contributed by atoms with van der Waals surface area (Å²) in [5.74, 6) is 0. The molecule has 0 saturated carbocycles. The Morgan fingerprint density at radius 2 is 2.44 bits per heavy atom. The third kappa shape index (κ3) is 2.45. The fourth-order valence-corrected chi connectivity index (χ4v) is 4.04. The van der Waals surface area contributed by atoms with E-state index in [1.165, 1.54) is 0 Å². The maximum atomic E-state index is 12.1. The standard InChI is InChI=1S/C10H16N2O2S2/c1-9-7-11-4-5-12(16(9,13)14)8-10-3-2-6-15-10/h2-3,6,9,11H,4-5,7-8H2,1H3. The Bertz CT molecular complexity index is 428. The van der Waals surface area contributed by atoms with Gasteiger partial charge in [-0.2, -0.15) is 4.31 Å². The normalized spacial score (nSPS) is 26.4. The van der Waals surface area contributed by atoms with Crippen molar-refractivity contribution in [3.63, 3.8) is 0 Å². The molecule has 1 aromatic rings. The van der Waals surface area contributed by atoms with Crippen LogP contribution in [0.4, 0.5) is 0 Å². The van der Waals surface area contributed by atoms with Crippen molar-refractivity contribution >= 4 is 21.4 Å². The van der Waals surface area contributed by atoms with Gasteiger partial charge in [0.15, 0.2) is 0 Å². The zero-order valence-corrected chi connectivity index (χ0v) is 10.9. The van der Waals surface area contributed by atoms with Gasteiger partial charge in [0.2, 0.25) is 10.0 Å². The first-order chi connectivity index (χ1) is 7.60. The van der Waals surface area contributed by atoms with Crippen LogP contribution < -0.4 is 5.32 Å². The van der Waals surface area contributed by atoms with Crippen LogP contribution >= 0.6 is 11.3 Å². The van der Waals surface area contributed by atoms with E-state index in [9.17, 15) is 8.42 Å². The lowest BCUT2D eigenvalue weighted by Crippen LogP contribution is -2.37. The Kier molecular flexibility index (Phi) is 3.63. The Morgan fingerprint density at radius 1 is 1.62 bits per heavy atom. The summed E-state index contributed by atoms with van der Waals surface area (Å²) < 4.78 is 25.9. The summed E-state index contributed by atoms with van der Waals surface area (Å²) in [4.78, 5) is 1.10. The van der Waals surface area contributed by atoms with Crippen LogP contribution in [0.15, 0.2) is 17.5 Å². The topological polar surface area (TPSA) is 49.4 Å². The van der Waals surface area contributed by atoms with Crippen LogP contribution in [0, 0.1) is 0 Å². The predicted molar refractivity (Wildman–Crippen MR) is 66.0 cm³/mol. The molecule has 0 spiro atoms. The molecule has 0 aliphatic carbocycles. The summed E-state index contributed by atoms with van der Waals surface area (Å²) in [7, 11) is -3.14. The molecule has 16 heavy (non-hydrogen) atoms. The van der Waals surface area contributed by atoms with Crippen molar-refractivity contribution in [3.8, 4) is 0 Å². The quantitative estimate of drug-likeness (QED) is 0.858. The van der Waals surface area contributed by atoms with Crippen LogP contribution in [0.3, 0.4) is 0 Å². The fraction of sp³-hybridized carbons (Fsp3) is 0.600. The van der Waals surface area contributed by atoms with E-state index in [0.717, 1.165) is 11.4 Å². The Balaban J connectivity index is 2.18. The highest BCUT2D eigenvalue weighted by Crippen LogP contribution is 2.18. The van der Waals surface area contributed by atoms with Crippen LogP contribution in [-0.4, -0.2) is 37.6 Å². The highest BCUT2D eigenvalue weighted by atomic mass is 32.2. The Hall–Kier alpha value is -0.430. The van der Waals surface area contributed by atoms with Gasteiger partial charge in [0.25, 0.3) is 0 Å². The minimum Gasteiger partial charge on any atom is -0.314 e. The minimum atomic E-state index is -3.14. The molecule has 1 atom stereocenters. The lowest BCUT2D eigenvalue weighted by atomic mass is 10.4. The van der Waals surface area contributed by atoms with Crippen molar-refractivity contribution in [1.29, 1.82) is 0 Å². The van der Waals surface area contributed by atoms with E-state index in [-0.39, 0.29) is 5.25 Å². The Morgan fingerprint density at radius 3 is 3.12 bits per heavy atom. The number of hydrogen-bond acceptors (Lipinski definition) is 4. The van der Waals surface area contributed by atoms with E-state index in [2.05, 4.69) is 5.32 Å².